The van der Waals surface area contributed by atoms with Crippen molar-refractivity contribution in [3.05, 3.63) is 46.1 Å². The highest BCUT2D eigenvalue weighted by Gasteiger charge is 2.31. The van der Waals surface area contributed by atoms with Crippen LogP contribution in [0.4, 0.5) is 0 Å². The molecule has 0 saturated heterocycles. The number of likely N-dealkylation sites (N-methyl/N-ethyl adjacent to an activating group) is 1. The smallest absolute Gasteiger partial charge is 0.270 e. The van der Waals surface area contributed by atoms with Gasteiger partial charge in [0.2, 0.25) is 5.91 Å². The van der Waals surface area contributed by atoms with Crippen molar-refractivity contribution in [3.63, 3.8) is 0 Å². The number of benzene rings is 2. The molecule has 3 rings (SSSR count). The van der Waals surface area contributed by atoms with Gasteiger partial charge in [0.15, 0.2) is 0 Å². The molecule has 1 unspecified atom stereocenters. The molecule has 2 aromatic carbocycles. The van der Waals surface area contributed by atoms with Crippen LogP contribution >= 0.6 is 11.6 Å². The first-order chi connectivity index (χ1) is 16.8. The lowest BCUT2D eigenvalue weighted by atomic mass is 9.95. The van der Waals surface area contributed by atoms with Crippen molar-refractivity contribution in [2.24, 2.45) is 0 Å². The highest BCUT2D eigenvalue weighted by Crippen LogP contribution is 2.41. The van der Waals surface area contributed by atoms with Crippen LogP contribution in [0.1, 0.15) is 48.3 Å². The molecule has 0 aliphatic heterocycles. The summed E-state index contributed by atoms with van der Waals surface area (Å²) in [7, 11) is 6.00. The Morgan fingerprint density at radius 1 is 0.943 bits per heavy atom. The predicted octanol–water partition coefficient (Wildman–Crippen LogP) is 4.82. The summed E-state index contributed by atoms with van der Waals surface area (Å²) >= 11 is 6.48. The number of ether oxygens (including phenoxy) is 4. The van der Waals surface area contributed by atoms with Gasteiger partial charge in [-0.25, -0.2) is 0 Å². The normalized spacial score (nSPS) is 11.8. The number of rotatable bonds is 9. The van der Waals surface area contributed by atoms with Gasteiger partial charge in [-0.05, 0) is 38.0 Å². The molecule has 35 heavy (non-hydrogen) atoms. The molecule has 0 bridgehead atoms. The van der Waals surface area contributed by atoms with Crippen LogP contribution in [0.25, 0.3) is 10.9 Å². The number of fused-ring (bicyclic) bond motifs is 1. The molecule has 9 heteroatoms. The average Bonchev–Trinajstić information content (AvgIpc) is 3.19. The van der Waals surface area contributed by atoms with Crippen molar-refractivity contribution in [3.8, 4) is 23.0 Å². The van der Waals surface area contributed by atoms with Gasteiger partial charge >= 0.3 is 0 Å². The van der Waals surface area contributed by atoms with Gasteiger partial charge in [0, 0.05) is 29.8 Å². The van der Waals surface area contributed by atoms with Crippen LogP contribution in [0.3, 0.4) is 0 Å². The van der Waals surface area contributed by atoms with E-state index in [2.05, 4.69) is 5.32 Å². The van der Waals surface area contributed by atoms with Crippen LogP contribution in [0.2, 0.25) is 5.02 Å². The maximum atomic E-state index is 14.2. The van der Waals surface area contributed by atoms with Crippen LogP contribution in [-0.2, 0) is 11.2 Å². The van der Waals surface area contributed by atoms with Crippen LogP contribution in [0, 0.1) is 0 Å². The lowest BCUT2D eigenvalue weighted by Gasteiger charge is -2.17. The summed E-state index contributed by atoms with van der Waals surface area (Å²) < 4.78 is 23.4. The second-order valence-corrected chi connectivity index (χ2v) is 8.29. The maximum Gasteiger partial charge on any atom is 0.270 e. The number of aromatic nitrogens is 1. The molecule has 1 aromatic heterocycles. The van der Waals surface area contributed by atoms with Gasteiger partial charge < -0.3 is 24.3 Å². The molecule has 1 heterocycles. The van der Waals surface area contributed by atoms with E-state index in [1.165, 1.54) is 28.4 Å². The topological polar surface area (TPSA) is 88.0 Å². The summed E-state index contributed by atoms with van der Waals surface area (Å²) in [6, 6.07) is 6.71. The molecule has 0 spiro atoms. The molecule has 3 aromatic rings. The molecule has 8 nitrogen and oxygen atoms in total. The lowest BCUT2D eigenvalue weighted by molar-refractivity contribution is -0.122. The van der Waals surface area contributed by atoms with Crippen molar-refractivity contribution >= 4 is 34.3 Å². The second kappa shape index (κ2) is 10.9. The zero-order valence-electron chi connectivity index (χ0n) is 21.1. The fourth-order valence-corrected chi connectivity index (χ4v) is 4.61. The van der Waals surface area contributed by atoms with Crippen molar-refractivity contribution in [2.75, 3.05) is 35.0 Å². The Balaban J connectivity index is 2.41. The molecule has 0 radical (unpaired) electrons. The molecule has 1 N–H and O–H groups in total. The molecule has 0 aliphatic carbocycles. The molecule has 0 aliphatic rings. The number of nitrogens with one attached hydrogen (secondary N) is 1. The average molecular weight is 503 g/mol. The number of hydrogen-bond acceptors (Lipinski definition) is 6. The Bertz CT molecular complexity index is 1240. The summed E-state index contributed by atoms with van der Waals surface area (Å²) in [6.45, 7) is 6.12. The Morgan fingerprint density at radius 2 is 1.54 bits per heavy atom. The second-order valence-electron chi connectivity index (χ2n) is 7.88. The Morgan fingerprint density at radius 3 is 2.03 bits per heavy atom. The Kier molecular flexibility index (Phi) is 8.17. The first-order valence-corrected chi connectivity index (χ1v) is 11.7. The zero-order chi connectivity index (χ0) is 25.9. The first kappa shape index (κ1) is 26.2. The van der Waals surface area contributed by atoms with Crippen LogP contribution in [0.5, 0.6) is 23.0 Å². The van der Waals surface area contributed by atoms with E-state index in [4.69, 9.17) is 30.5 Å². The minimum atomic E-state index is -0.521. The van der Waals surface area contributed by atoms with Gasteiger partial charge in [0.25, 0.3) is 5.91 Å². The van der Waals surface area contributed by atoms with Crippen LogP contribution in [-0.4, -0.2) is 51.4 Å². The predicted molar refractivity (Wildman–Crippen MR) is 136 cm³/mol. The van der Waals surface area contributed by atoms with Gasteiger partial charge in [-0.2, -0.15) is 0 Å². The molecular formula is C26H31ClN2O6. The quantitative estimate of drug-likeness (QED) is 0.451. The van der Waals surface area contributed by atoms with Gasteiger partial charge in [0.1, 0.15) is 28.6 Å². The van der Waals surface area contributed by atoms with Crippen molar-refractivity contribution in [1.82, 2.24) is 9.88 Å². The fraction of sp³-hybridized carbons (Fsp3) is 0.385. The van der Waals surface area contributed by atoms with Gasteiger partial charge in [-0.15, -0.1) is 0 Å². The third-order valence-corrected chi connectivity index (χ3v) is 6.32. The van der Waals surface area contributed by atoms with Crippen molar-refractivity contribution in [2.45, 2.75) is 33.1 Å². The van der Waals surface area contributed by atoms with Crippen molar-refractivity contribution in [1.29, 1.82) is 0 Å². The summed E-state index contributed by atoms with van der Waals surface area (Å²) in [5.41, 5.74) is 2.21. The molecule has 0 saturated carbocycles. The number of hydrogen-bond donors (Lipinski definition) is 1. The van der Waals surface area contributed by atoms with Gasteiger partial charge in [-0.1, -0.05) is 18.5 Å². The van der Waals surface area contributed by atoms with E-state index in [1.54, 1.807) is 28.8 Å². The lowest BCUT2D eigenvalue weighted by Crippen LogP contribution is -2.28. The summed E-state index contributed by atoms with van der Waals surface area (Å²) in [5.74, 6) is 0.506. The van der Waals surface area contributed by atoms with Crippen LogP contribution in [0.15, 0.2) is 24.3 Å². The largest absolute Gasteiger partial charge is 0.496 e. The zero-order valence-corrected chi connectivity index (χ0v) is 21.8. The molecule has 188 valence electrons. The summed E-state index contributed by atoms with van der Waals surface area (Å²) in [6.07, 6.45) is 0.486. The third kappa shape index (κ3) is 4.62. The highest BCUT2D eigenvalue weighted by molar-refractivity contribution is 6.33. The van der Waals surface area contributed by atoms with Crippen molar-refractivity contribution < 1.29 is 28.5 Å². The van der Waals surface area contributed by atoms with E-state index < -0.39 is 5.92 Å². The Labute approximate surface area is 210 Å². The third-order valence-electron chi connectivity index (χ3n) is 6.03. The first-order valence-electron chi connectivity index (χ1n) is 11.3. The van der Waals surface area contributed by atoms with E-state index in [-0.39, 0.29) is 17.4 Å². The number of halogens is 1. The summed E-state index contributed by atoms with van der Waals surface area (Å²) in [5, 5.41) is 3.93. The monoisotopic (exact) mass is 502 g/mol. The van der Waals surface area contributed by atoms with E-state index in [9.17, 15) is 9.59 Å². The fourth-order valence-electron chi connectivity index (χ4n) is 4.37. The van der Waals surface area contributed by atoms with E-state index in [0.29, 0.717) is 57.6 Å². The van der Waals surface area contributed by atoms with Crippen LogP contribution < -0.4 is 24.3 Å². The molecule has 0 fully saturated rings. The molecular weight excluding hydrogens is 472 g/mol. The number of nitrogens with zero attached hydrogens (tertiary/aromatic N) is 1. The minimum Gasteiger partial charge on any atom is -0.496 e. The SMILES string of the molecule is CCNC(=O)C(C)c1c(CC)n(C(=O)c2c(OC)cc(OC)cc2OC)c2cc(Cl)c(OC)cc12. The highest BCUT2D eigenvalue weighted by atomic mass is 35.5. The van der Waals surface area contributed by atoms with Gasteiger partial charge in [0.05, 0.1) is 44.9 Å². The molecule has 1 atom stereocenters. The number of carbonyl (C=O) groups is 2. The standard InChI is InChI=1S/C26H31ClN2O6/c1-8-18-23(14(3)25(30)28-9-2)16-12-20(33-5)17(27)13-19(16)29(18)26(31)24-21(34-6)10-15(32-4)11-22(24)35-7/h10-14H,8-9H2,1-7H3,(H,28,30). The maximum absolute atomic E-state index is 14.2. The molecule has 1 amide bonds. The number of carbonyl (C=O) groups excluding carboxylic acids is 2. The number of amides is 1. The van der Waals surface area contributed by atoms with E-state index >= 15 is 0 Å². The van der Waals surface area contributed by atoms with E-state index in [1.807, 2.05) is 20.8 Å². The number of methoxy groups -OCH3 is 4. The van der Waals surface area contributed by atoms with Gasteiger partial charge in [-0.3, -0.25) is 14.2 Å². The Hall–Kier alpha value is -3.39. The minimum absolute atomic E-state index is 0.137. The van der Waals surface area contributed by atoms with E-state index in [0.717, 1.165) is 5.56 Å². The summed E-state index contributed by atoms with van der Waals surface area (Å²) in [4.78, 5) is 27.1.